The topological polar surface area (TPSA) is 85.5 Å². The van der Waals surface area contributed by atoms with Crippen molar-refractivity contribution in [2.24, 2.45) is 0 Å². The summed E-state index contributed by atoms with van der Waals surface area (Å²) in [6.07, 6.45) is 0. The number of hydrogen-bond donors (Lipinski definition) is 0. The Morgan fingerprint density at radius 1 is 0.375 bits per heavy atom. The van der Waals surface area contributed by atoms with E-state index >= 15 is 0 Å². The average Bonchev–Trinajstić information content (AvgIpc) is 0. The van der Waals surface area contributed by atoms with Crippen LogP contribution in [-0.4, -0.2) is 0 Å². The second-order valence-electron chi connectivity index (χ2n) is 0. The van der Waals surface area contributed by atoms with Crippen molar-refractivity contribution in [1.29, 1.82) is 0 Å². The van der Waals surface area contributed by atoms with E-state index in [0.29, 0.717) is 0 Å². The molecule has 1 radical (unpaired) electrons. The zero-order valence-electron chi connectivity index (χ0n) is 5.56. The van der Waals surface area contributed by atoms with Gasteiger partial charge in [-0.15, -0.1) is 0 Å². The molecule has 0 heterocycles. The third-order valence-electron chi connectivity index (χ3n) is 0. The summed E-state index contributed by atoms with van der Waals surface area (Å²) >= 11 is 0. The van der Waals surface area contributed by atoms with E-state index in [2.05, 4.69) is 0 Å². The fourth-order valence-electron chi connectivity index (χ4n) is 0. The smallest absolute Gasteiger partial charge is 2.00 e. The largest absolute Gasteiger partial charge is 2.00 e. The quantitative estimate of drug-likeness (QED) is 0.347. The van der Waals surface area contributed by atoms with Crippen molar-refractivity contribution in [2.75, 3.05) is 0 Å². The fourth-order valence-corrected chi connectivity index (χ4v) is 0. The predicted molar refractivity (Wildman–Crippen MR) is 2.06 cm³/mol. The van der Waals surface area contributed by atoms with E-state index in [1.54, 1.807) is 0 Å². The molecule has 8 heteroatoms. The summed E-state index contributed by atoms with van der Waals surface area (Å²) in [5, 5.41) is 0. The first kappa shape index (κ1) is 83.5. The van der Waals surface area contributed by atoms with Gasteiger partial charge in [0.2, 0.25) is 0 Å². The SMILES string of the molecule is [Co+2].[Na+].[Na+].[Na+].[Na+].[O-2].[O-2].[O-2]. The molecule has 0 rings (SSSR count). The Balaban J connectivity index is 0. The van der Waals surface area contributed by atoms with Crippen LogP contribution >= 0.6 is 0 Å². The molecule has 0 atom stereocenters. The second-order valence-corrected chi connectivity index (χ2v) is 0. The Morgan fingerprint density at radius 2 is 0.375 bits per heavy atom. The molecule has 0 saturated heterocycles. The van der Waals surface area contributed by atoms with Gasteiger partial charge in [0, 0.05) is 0 Å². The van der Waals surface area contributed by atoms with Gasteiger partial charge >= 0.3 is 135 Å². The maximum Gasteiger partial charge on any atom is 2.00 e. The Hall–Kier alpha value is 4.39. The molecule has 0 aromatic rings. The van der Waals surface area contributed by atoms with Crippen molar-refractivity contribution in [3.8, 4) is 0 Å². The van der Waals surface area contributed by atoms with Crippen LogP contribution in [0.2, 0.25) is 0 Å². The van der Waals surface area contributed by atoms with Crippen LogP contribution in [-0.2, 0) is 33.2 Å². The summed E-state index contributed by atoms with van der Waals surface area (Å²) in [6.45, 7) is 0. The first-order chi connectivity index (χ1) is 0. The van der Waals surface area contributed by atoms with E-state index < -0.39 is 0 Å². The van der Waals surface area contributed by atoms with Crippen LogP contribution < -0.4 is 118 Å². The van der Waals surface area contributed by atoms with Crippen LogP contribution in [0.1, 0.15) is 0 Å². The zero-order valence-corrected chi connectivity index (χ0v) is 14.6. The predicted octanol–water partition coefficient (Wildman–Crippen LogP) is -12.3. The van der Waals surface area contributed by atoms with E-state index in [4.69, 9.17) is 0 Å². The normalized spacial score (nSPS) is 0. The van der Waals surface area contributed by atoms with Crippen molar-refractivity contribution in [2.45, 2.75) is 0 Å². The Bertz CT molecular complexity index is 11.2. The summed E-state index contributed by atoms with van der Waals surface area (Å²) < 4.78 is 0. The van der Waals surface area contributed by atoms with Gasteiger partial charge in [-0.2, -0.15) is 0 Å². The summed E-state index contributed by atoms with van der Waals surface area (Å²) in [6, 6.07) is 0. The van der Waals surface area contributed by atoms with Gasteiger partial charge in [-0.05, 0) is 0 Å². The van der Waals surface area contributed by atoms with Gasteiger partial charge in [0.1, 0.15) is 0 Å². The van der Waals surface area contributed by atoms with Crippen molar-refractivity contribution >= 4 is 0 Å². The second kappa shape index (κ2) is 63.8. The summed E-state index contributed by atoms with van der Waals surface area (Å²) in [5.74, 6) is 0. The van der Waals surface area contributed by atoms with E-state index in [1.807, 2.05) is 0 Å². The van der Waals surface area contributed by atoms with E-state index in [9.17, 15) is 0 Å². The first-order valence-electron chi connectivity index (χ1n) is 0. The molecule has 0 saturated carbocycles. The van der Waals surface area contributed by atoms with Gasteiger partial charge in [0.15, 0.2) is 0 Å². The number of hydrogen-bond acceptors (Lipinski definition) is 0. The van der Waals surface area contributed by atoms with Crippen LogP contribution in [0.5, 0.6) is 0 Å². The third kappa shape index (κ3) is 47.6. The van der Waals surface area contributed by atoms with E-state index in [1.165, 1.54) is 0 Å². The third-order valence-corrected chi connectivity index (χ3v) is 0. The molecule has 0 N–H and O–H groups in total. The minimum absolute atomic E-state index is 0. The summed E-state index contributed by atoms with van der Waals surface area (Å²) in [5.41, 5.74) is 0. The van der Waals surface area contributed by atoms with Crippen molar-refractivity contribution in [3.05, 3.63) is 0 Å². The molecule has 0 bridgehead atoms. The van der Waals surface area contributed by atoms with Crippen molar-refractivity contribution in [3.63, 3.8) is 0 Å². The van der Waals surface area contributed by atoms with Gasteiger partial charge < -0.3 is 16.4 Å². The molecule has 0 aliphatic carbocycles. The van der Waals surface area contributed by atoms with Crippen LogP contribution in [0.15, 0.2) is 0 Å². The van der Waals surface area contributed by atoms with Crippen LogP contribution in [0.25, 0.3) is 0 Å². The molecule has 0 aliphatic rings. The van der Waals surface area contributed by atoms with Crippen LogP contribution in [0.4, 0.5) is 0 Å². The molecule has 8 heavy (non-hydrogen) atoms. The molecule has 0 amide bonds. The molecule has 0 aromatic carbocycles. The van der Waals surface area contributed by atoms with Gasteiger partial charge in [-0.1, -0.05) is 0 Å². The molecule has 3 nitrogen and oxygen atoms in total. The standard InChI is InChI=1S/Co.4Na.3O/q+2;4*+1;3*-2. The molecule has 0 aromatic heterocycles. The van der Waals surface area contributed by atoms with E-state index in [-0.39, 0.29) is 151 Å². The fraction of sp³-hybridized carbons (Fsp3) is 0. The minimum Gasteiger partial charge on any atom is -2.00 e. The van der Waals surface area contributed by atoms with Gasteiger partial charge in [-0.25, -0.2) is 0 Å². The monoisotopic (exact) mass is 199 g/mol. The number of rotatable bonds is 0. The minimum atomic E-state index is 0. The van der Waals surface area contributed by atoms with E-state index in [0.717, 1.165) is 0 Å². The molecular formula is CoNa4O3. The maximum absolute atomic E-state index is 0. The van der Waals surface area contributed by atoms with Crippen LogP contribution in [0, 0.1) is 0 Å². The van der Waals surface area contributed by atoms with Crippen molar-refractivity contribution < 1.29 is 151 Å². The average molecular weight is 199 g/mol. The zero-order chi connectivity index (χ0) is 0. The van der Waals surface area contributed by atoms with Crippen LogP contribution in [0.3, 0.4) is 0 Å². The summed E-state index contributed by atoms with van der Waals surface area (Å²) in [4.78, 5) is 0. The molecule has 0 spiro atoms. The molecule has 0 fully saturated rings. The van der Waals surface area contributed by atoms with Gasteiger partial charge in [-0.3, -0.25) is 0 Å². The molecular weight excluding hydrogens is 199 g/mol. The van der Waals surface area contributed by atoms with Gasteiger partial charge in [0.25, 0.3) is 0 Å². The Morgan fingerprint density at radius 3 is 0.375 bits per heavy atom. The van der Waals surface area contributed by atoms with Gasteiger partial charge in [0.05, 0.1) is 0 Å². The molecule has 0 aliphatic heterocycles. The Labute approximate surface area is 148 Å². The molecule has 31 valence electrons. The first-order valence-corrected chi connectivity index (χ1v) is 0. The molecule has 0 unspecified atom stereocenters. The maximum atomic E-state index is 0. The van der Waals surface area contributed by atoms with Crippen molar-refractivity contribution in [1.82, 2.24) is 0 Å². The Kier molecular flexibility index (Phi) is 666. The summed E-state index contributed by atoms with van der Waals surface area (Å²) in [7, 11) is 0.